The molecular weight excluding hydrogens is 325 g/mol. The Bertz CT molecular complexity index is 855. The molecule has 0 unspecified atom stereocenters. The predicted molar refractivity (Wildman–Crippen MR) is 89.0 cm³/mol. The number of carbonyl (C=O) groups is 2. The number of anilines is 1. The molecule has 0 bridgehead atoms. The van der Waals surface area contributed by atoms with E-state index in [1.54, 1.807) is 18.2 Å². The highest BCUT2D eigenvalue weighted by molar-refractivity contribution is 6.06. The first kappa shape index (κ1) is 17.7. The second-order valence-electron chi connectivity index (χ2n) is 5.02. The monoisotopic (exact) mass is 339 g/mol. The van der Waals surface area contributed by atoms with Crippen molar-refractivity contribution in [3.63, 3.8) is 0 Å². The summed E-state index contributed by atoms with van der Waals surface area (Å²) in [5, 5.41) is 23.2. The maximum atomic E-state index is 13.1. The lowest BCUT2D eigenvalue weighted by Crippen LogP contribution is -2.16. The lowest BCUT2D eigenvalue weighted by Gasteiger charge is -2.06. The average Bonchev–Trinajstić information content (AvgIpc) is 2.59. The molecule has 0 heterocycles. The normalized spacial score (nSPS) is 10.6. The number of amides is 1. The van der Waals surface area contributed by atoms with Crippen LogP contribution in [0.25, 0.3) is 0 Å². The van der Waals surface area contributed by atoms with Crippen molar-refractivity contribution in [2.24, 2.45) is 0 Å². The molecule has 0 saturated heterocycles. The van der Waals surface area contributed by atoms with Gasteiger partial charge in [0, 0.05) is 18.4 Å². The zero-order valence-electron chi connectivity index (χ0n) is 13.0. The van der Waals surface area contributed by atoms with Gasteiger partial charge >= 0.3 is 5.97 Å². The number of nitriles is 1. The Kier molecular flexibility index (Phi) is 5.85. The molecule has 0 spiro atoms. The van der Waals surface area contributed by atoms with E-state index >= 15 is 0 Å². The Hall–Kier alpha value is -3.66. The Balaban J connectivity index is 1.97. The van der Waals surface area contributed by atoms with Gasteiger partial charge in [-0.2, -0.15) is 5.26 Å². The zero-order valence-corrected chi connectivity index (χ0v) is 13.0. The van der Waals surface area contributed by atoms with Gasteiger partial charge in [-0.1, -0.05) is 12.1 Å². The fourth-order valence-corrected chi connectivity index (χ4v) is 1.96. The van der Waals surface area contributed by atoms with Crippen molar-refractivity contribution < 1.29 is 19.1 Å². The fraction of sp³-hybridized carbons (Fsp3) is 0.0556. The molecule has 2 aromatic carbocycles. The number of carbonyl (C=O) groups excluding carboxylic acids is 1. The van der Waals surface area contributed by atoms with E-state index in [1.807, 2.05) is 0 Å². The van der Waals surface area contributed by atoms with Crippen molar-refractivity contribution in [3.8, 4) is 6.07 Å². The molecule has 126 valence electrons. The molecule has 0 aliphatic heterocycles. The van der Waals surface area contributed by atoms with E-state index in [0.717, 1.165) is 0 Å². The Labute approximate surface area is 143 Å². The SMILES string of the molecule is N#C/C(=C/NCc1cccc(F)c1)C(=O)Nc1ccc(C(=O)O)cc1. The molecule has 7 heteroatoms. The van der Waals surface area contributed by atoms with Crippen molar-refractivity contribution in [1.82, 2.24) is 5.32 Å². The maximum absolute atomic E-state index is 13.1. The average molecular weight is 339 g/mol. The first-order chi connectivity index (χ1) is 12.0. The van der Waals surface area contributed by atoms with Crippen LogP contribution in [0.2, 0.25) is 0 Å². The molecule has 0 aromatic heterocycles. The van der Waals surface area contributed by atoms with Gasteiger partial charge in [-0.05, 0) is 42.0 Å². The molecule has 2 aromatic rings. The van der Waals surface area contributed by atoms with E-state index in [4.69, 9.17) is 10.4 Å². The molecule has 3 N–H and O–H groups in total. The predicted octanol–water partition coefficient (Wildman–Crippen LogP) is 2.66. The van der Waals surface area contributed by atoms with Gasteiger partial charge in [0.1, 0.15) is 17.5 Å². The number of rotatable bonds is 6. The fourth-order valence-electron chi connectivity index (χ4n) is 1.96. The van der Waals surface area contributed by atoms with Gasteiger partial charge in [0.2, 0.25) is 0 Å². The van der Waals surface area contributed by atoms with Crippen molar-refractivity contribution in [2.45, 2.75) is 6.54 Å². The van der Waals surface area contributed by atoms with Crippen LogP contribution in [0, 0.1) is 17.1 Å². The van der Waals surface area contributed by atoms with Gasteiger partial charge < -0.3 is 15.7 Å². The first-order valence-corrected chi connectivity index (χ1v) is 7.22. The van der Waals surface area contributed by atoms with Crippen LogP contribution in [-0.2, 0) is 11.3 Å². The highest BCUT2D eigenvalue weighted by Crippen LogP contribution is 2.11. The third-order valence-corrected chi connectivity index (χ3v) is 3.20. The van der Waals surface area contributed by atoms with Crippen molar-refractivity contribution in [1.29, 1.82) is 5.26 Å². The summed E-state index contributed by atoms with van der Waals surface area (Å²) < 4.78 is 13.1. The summed E-state index contributed by atoms with van der Waals surface area (Å²) >= 11 is 0. The summed E-state index contributed by atoms with van der Waals surface area (Å²) in [6.45, 7) is 0.254. The van der Waals surface area contributed by atoms with Gasteiger partial charge in [-0.3, -0.25) is 4.79 Å². The minimum atomic E-state index is -1.07. The van der Waals surface area contributed by atoms with Crippen LogP contribution in [0.3, 0.4) is 0 Å². The second-order valence-corrected chi connectivity index (χ2v) is 5.02. The number of nitrogens with one attached hydrogen (secondary N) is 2. The van der Waals surface area contributed by atoms with E-state index in [2.05, 4.69) is 10.6 Å². The number of hydrogen-bond acceptors (Lipinski definition) is 4. The molecular formula is C18H14FN3O3. The van der Waals surface area contributed by atoms with E-state index in [9.17, 15) is 14.0 Å². The molecule has 1 amide bonds. The van der Waals surface area contributed by atoms with E-state index < -0.39 is 11.9 Å². The smallest absolute Gasteiger partial charge is 0.335 e. The van der Waals surface area contributed by atoms with Crippen LogP contribution in [-0.4, -0.2) is 17.0 Å². The van der Waals surface area contributed by atoms with Gasteiger partial charge in [0.05, 0.1) is 5.56 Å². The maximum Gasteiger partial charge on any atom is 0.335 e. The quantitative estimate of drug-likeness (QED) is 0.555. The zero-order chi connectivity index (χ0) is 18.2. The summed E-state index contributed by atoms with van der Waals surface area (Å²) in [6, 6.07) is 13.2. The number of hydrogen-bond donors (Lipinski definition) is 3. The number of benzene rings is 2. The van der Waals surface area contributed by atoms with Crippen LogP contribution in [0.5, 0.6) is 0 Å². The first-order valence-electron chi connectivity index (χ1n) is 7.22. The molecule has 2 rings (SSSR count). The molecule has 0 atom stereocenters. The third-order valence-electron chi connectivity index (χ3n) is 3.20. The molecule has 0 fully saturated rings. The molecule has 0 radical (unpaired) electrons. The highest BCUT2D eigenvalue weighted by atomic mass is 19.1. The molecule has 0 saturated carbocycles. The summed E-state index contributed by atoms with van der Waals surface area (Å²) in [4.78, 5) is 22.8. The van der Waals surface area contributed by atoms with Crippen LogP contribution in [0.1, 0.15) is 15.9 Å². The van der Waals surface area contributed by atoms with Crippen LogP contribution >= 0.6 is 0 Å². The lowest BCUT2D eigenvalue weighted by atomic mass is 10.2. The molecule has 25 heavy (non-hydrogen) atoms. The van der Waals surface area contributed by atoms with Gasteiger partial charge in [-0.25, -0.2) is 9.18 Å². The van der Waals surface area contributed by atoms with Crippen molar-refractivity contribution >= 4 is 17.6 Å². The van der Waals surface area contributed by atoms with E-state index in [-0.39, 0.29) is 23.5 Å². The number of halogens is 1. The highest BCUT2D eigenvalue weighted by Gasteiger charge is 2.10. The standard InChI is InChI=1S/C18H14FN3O3/c19-15-3-1-2-12(8-15)10-21-11-14(9-20)17(23)22-16-6-4-13(5-7-16)18(24)25/h1-8,11,21H,10H2,(H,22,23)(H,24,25)/b14-11-. The van der Waals surface area contributed by atoms with Crippen LogP contribution in [0.4, 0.5) is 10.1 Å². The number of nitrogens with zero attached hydrogens (tertiary/aromatic N) is 1. The van der Waals surface area contributed by atoms with Gasteiger partial charge in [-0.15, -0.1) is 0 Å². The Morgan fingerprint density at radius 1 is 1.20 bits per heavy atom. The lowest BCUT2D eigenvalue weighted by molar-refractivity contribution is -0.112. The van der Waals surface area contributed by atoms with Crippen LogP contribution in [0.15, 0.2) is 60.3 Å². The number of aromatic carboxylic acids is 1. The van der Waals surface area contributed by atoms with Crippen LogP contribution < -0.4 is 10.6 Å². The van der Waals surface area contributed by atoms with E-state index in [1.165, 1.54) is 42.6 Å². The molecule has 0 aliphatic rings. The Morgan fingerprint density at radius 2 is 1.92 bits per heavy atom. The third kappa shape index (κ3) is 5.18. The van der Waals surface area contributed by atoms with Gasteiger partial charge in [0.15, 0.2) is 0 Å². The number of carboxylic acids is 1. The minimum absolute atomic E-state index is 0.0887. The summed E-state index contributed by atoms with van der Waals surface area (Å²) in [5.74, 6) is -2.08. The second kappa shape index (κ2) is 8.26. The number of carboxylic acid groups (broad SMARTS) is 1. The van der Waals surface area contributed by atoms with Crippen molar-refractivity contribution in [3.05, 3.63) is 77.2 Å². The molecule has 0 aliphatic carbocycles. The van der Waals surface area contributed by atoms with E-state index in [0.29, 0.717) is 11.3 Å². The Morgan fingerprint density at radius 3 is 2.52 bits per heavy atom. The molecule has 6 nitrogen and oxygen atoms in total. The largest absolute Gasteiger partial charge is 0.478 e. The summed E-state index contributed by atoms with van der Waals surface area (Å²) in [7, 11) is 0. The topological polar surface area (TPSA) is 102 Å². The minimum Gasteiger partial charge on any atom is -0.478 e. The van der Waals surface area contributed by atoms with Crippen molar-refractivity contribution in [2.75, 3.05) is 5.32 Å². The summed E-state index contributed by atoms with van der Waals surface area (Å²) in [5.41, 5.74) is 0.948. The summed E-state index contributed by atoms with van der Waals surface area (Å²) in [6.07, 6.45) is 1.24. The van der Waals surface area contributed by atoms with Gasteiger partial charge in [0.25, 0.3) is 5.91 Å².